The number of urea groups is 1. The van der Waals surface area contributed by atoms with Crippen molar-refractivity contribution in [2.75, 3.05) is 13.1 Å². The molecule has 0 spiro atoms. The lowest BCUT2D eigenvalue weighted by Gasteiger charge is -2.09. The molecule has 0 heterocycles. The Labute approximate surface area is 91.5 Å². The molecule has 15 heavy (non-hydrogen) atoms. The molecule has 0 aromatic carbocycles. The Hall–Kier alpha value is -0.850. The van der Waals surface area contributed by atoms with Gasteiger partial charge in [0.25, 0.3) is 0 Å². The molecule has 92 valence electrons. The highest BCUT2D eigenvalue weighted by Crippen LogP contribution is 2.02. The molecule has 0 aliphatic carbocycles. The molecule has 1 unspecified atom stereocenters. The molecule has 0 aliphatic heterocycles. The van der Waals surface area contributed by atoms with E-state index < -0.39 is 6.03 Å². The van der Waals surface area contributed by atoms with E-state index in [9.17, 15) is 0 Å². The predicted molar refractivity (Wildman–Crippen MR) is 62.9 cm³/mol. The van der Waals surface area contributed by atoms with E-state index in [2.05, 4.69) is 11.5 Å². The van der Waals surface area contributed by atoms with E-state index in [1.807, 2.05) is 0 Å². The average molecular weight is 219 g/mol. The number of nitrogens with two attached hydrogens (primary N) is 5. The Balaban J connectivity index is 0. The second-order valence-electron chi connectivity index (χ2n) is 3.38. The van der Waals surface area contributed by atoms with Crippen LogP contribution in [0.25, 0.3) is 0 Å². The quantitative estimate of drug-likeness (QED) is 0.357. The molecule has 0 aromatic rings. The van der Waals surface area contributed by atoms with Gasteiger partial charge in [0.15, 0.2) is 0 Å². The summed E-state index contributed by atoms with van der Waals surface area (Å²) in [4.78, 5) is 9.00. The monoisotopic (exact) mass is 219 g/mol. The van der Waals surface area contributed by atoms with Gasteiger partial charge in [-0.1, -0.05) is 6.42 Å². The lowest BCUT2D eigenvalue weighted by atomic mass is 10.1. The Bertz CT molecular complexity index is 138. The molecular weight excluding hydrogens is 194 g/mol. The smallest absolute Gasteiger partial charge is 0.309 e. The summed E-state index contributed by atoms with van der Waals surface area (Å²) >= 11 is 0. The second kappa shape index (κ2) is 13.2. The molecule has 10 N–H and O–H groups in total. The number of unbranched alkanes of at least 4 members (excludes halogenated alkanes) is 1. The first kappa shape index (κ1) is 16.6. The Morgan fingerprint density at radius 1 is 0.933 bits per heavy atom. The van der Waals surface area contributed by atoms with E-state index in [1.165, 1.54) is 0 Å². The maximum atomic E-state index is 9.00. The number of rotatable bonds is 7. The maximum Gasteiger partial charge on any atom is 0.309 e. The van der Waals surface area contributed by atoms with Crippen LogP contribution in [0.5, 0.6) is 0 Å². The highest BCUT2D eigenvalue weighted by atomic mass is 16.2. The molecule has 2 amide bonds. The Morgan fingerprint density at radius 3 is 1.73 bits per heavy atom. The third kappa shape index (κ3) is 24.6. The van der Waals surface area contributed by atoms with Crippen LogP contribution in [-0.2, 0) is 0 Å². The van der Waals surface area contributed by atoms with E-state index in [-0.39, 0.29) is 0 Å². The summed E-state index contributed by atoms with van der Waals surface area (Å²) in [5, 5.41) is 0. The maximum absolute atomic E-state index is 9.00. The van der Waals surface area contributed by atoms with Crippen LogP contribution in [0.1, 0.15) is 32.1 Å². The molecule has 0 rings (SSSR count). The van der Waals surface area contributed by atoms with Crippen molar-refractivity contribution in [3.05, 3.63) is 0 Å². The molecule has 6 nitrogen and oxygen atoms in total. The van der Waals surface area contributed by atoms with Crippen molar-refractivity contribution in [3.63, 3.8) is 0 Å². The normalized spacial score (nSPS) is 11.4. The molecular formula is C9H25N5O. The van der Waals surface area contributed by atoms with Crippen LogP contribution in [0.4, 0.5) is 4.79 Å². The highest BCUT2D eigenvalue weighted by molar-refractivity contribution is 5.69. The molecule has 0 aliphatic rings. The van der Waals surface area contributed by atoms with Crippen molar-refractivity contribution >= 4 is 6.03 Å². The summed E-state index contributed by atoms with van der Waals surface area (Å²) in [5.41, 5.74) is 25.0. The summed E-state index contributed by atoms with van der Waals surface area (Å²) in [5.74, 6) is 0. The van der Waals surface area contributed by atoms with Crippen molar-refractivity contribution < 1.29 is 4.79 Å². The van der Waals surface area contributed by atoms with E-state index >= 15 is 0 Å². The third-order valence-corrected chi connectivity index (χ3v) is 1.81. The third-order valence-electron chi connectivity index (χ3n) is 1.81. The van der Waals surface area contributed by atoms with Crippen molar-refractivity contribution in [1.82, 2.24) is 0 Å². The SMILES string of the molecule is NC(N)=O.NCCCCC(N)CCCN. The van der Waals surface area contributed by atoms with Crippen molar-refractivity contribution in [3.8, 4) is 0 Å². The number of carbonyl (C=O) groups is 1. The van der Waals surface area contributed by atoms with Gasteiger partial charge in [-0.25, -0.2) is 4.79 Å². The van der Waals surface area contributed by atoms with E-state index in [1.54, 1.807) is 0 Å². The zero-order valence-corrected chi connectivity index (χ0v) is 9.32. The van der Waals surface area contributed by atoms with Crippen LogP contribution in [-0.4, -0.2) is 25.2 Å². The van der Waals surface area contributed by atoms with Gasteiger partial charge in [0, 0.05) is 6.04 Å². The standard InChI is InChI=1S/C8H21N3.CH4N2O/c9-6-2-1-4-8(11)5-3-7-10;2-1(3)4/h8H,1-7,9-11H2;(H4,2,3,4). The first-order valence-corrected chi connectivity index (χ1v) is 5.25. The highest BCUT2D eigenvalue weighted by Gasteiger charge is 1.99. The van der Waals surface area contributed by atoms with Crippen LogP contribution in [0.3, 0.4) is 0 Å². The summed E-state index contributed by atoms with van der Waals surface area (Å²) in [6, 6.07) is -0.495. The van der Waals surface area contributed by atoms with Crippen molar-refractivity contribution in [2.24, 2.45) is 28.7 Å². The summed E-state index contributed by atoms with van der Waals surface area (Å²) in [6.45, 7) is 1.54. The zero-order valence-electron chi connectivity index (χ0n) is 9.32. The van der Waals surface area contributed by atoms with Crippen LogP contribution >= 0.6 is 0 Å². The van der Waals surface area contributed by atoms with E-state index in [0.717, 1.165) is 45.2 Å². The molecule has 1 atom stereocenters. The van der Waals surface area contributed by atoms with Crippen molar-refractivity contribution in [2.45, 2.75) is 38.1 Å². The lowest BCUT2D eigenvalue weighted by Crippen LogP contribution is -2.21. The number of carbonyl (C=O) groups excluding carboxylic acids is 1. The zero-order chi connectivity index (χ0) is 12.1. The molecule has 0 saturated carbocycles. The largest absolute Gasteiger partial charge is 0.352 e. The van der Waals surface area contributed by atoms with Gasteiger partial charge < -0.3 is 28.7 Å². The van der Waals surface area contributed by atoms with Crippen LogP contribution < -0.4 is 28.7 Å². The molecule has 0 bridgehead atoms. The minimum Gasteiger partial charge on any atom is -0.352 e. The fourth-order valence-corrected chi connectivity index (χ4v) is 1.08. The summed E-state index contributed by atoms with van der Waals surface area (Å²) < 4.78 is 0. The van der Waals surface area contributed by atoms with Crippen LogP contribution in [0, 0.1) is 0 Å². The van der Waals surface area contributed by atoms with Gasteiger partial charge in [-0.2, -0.15) is 0 Å². The van der Waals surface area contributed by atoms with Gasteiger partial charge in [0.1, 0.15) is 0 Å². The average Bonchev–Trinajstić information content (AvgIpc) is 2.14. The number of primary amides is 2. The summed E-state index contributed by atoms with van der Waals surface area (Å²) in [7, 11) is 0. The van der Waals surface area contributed by atoms with Gasteiger partial charge in [0.05, 0.1) is 0 Å². The summed E-state index contributed by atoms with van der Waals surface area (Å²) in [6.07, 6.45) is 5.45. The molecule has 0 aromatic heterocycles. The molecule has 6 heteroatoms. The molecule has 0 radical (unpaired) electrons. The number of hydrogen-bond acceptors (Lipinski definition) is 4. The number of amides is 2. The molecule has 0 saturated heterocycles. The van der Waals surface area contributed by atoms with Gasteiger partial charge in [-0.15, -0.1) is 0 Å². The van der Waals surface area contributed by atoms with Gasteiger partial charge in [-0.3, -0.25) is 0 Å². The predicted octanol–water partition coefficient (Wildman–Crippen LogP) is -0.795. The van der Waals surface area contributed by atoms with Gasteiger partial charge >= 0.3 is 6.03 Å². The van der Waals surface area contributed by atoms with E-state index in [4.69, 9.17) is 22.0 Å². The minimum absolute atomic E-state index is 0.338. The fourth-order valence-electron chi connectivity index (χ4n) is 1.08. The Morgan fingerprint density at radius 2 is 1.33 bits per heavy atom. The van der Waals surface area contributed by atoms with E-state index in [0.29, 0.717) is 6.04 Å². The van der Waals surface area contributed by atoms with Crippen molar-refractivity contribution in [1.29, 1.82) is 0 Å². The van der Waals surface area contributed by atoms with Gasteiger partial charge in [-0.05, 0) is 38.8 Å². The Kier molecular flexibility index (Phi) is 14.5. The van der Waals surface area contributed by atoms with Crippen LogP contribution in [0.15, 0.2) is 0 Å². The van der Waals surface area contributed by atoms with Crippen LogP contribution in [0.2, 0.25) is 0 Å². The molecule has 0 fully saturated rings. The fraction of sp³-hybridized carbons (Fsp3) is 0.889. The van der Waals surface area contributed by atoms with Gasteiger partial charge in [0.2, 0.25) is 0 Å². The topological polar surface area (TPSA) is 147 Å². The number of hydrogen-bond donors (Lipinski definition) is 5. The first-order valence-electron chi connectivity index (χ1n) is 5.25. The second-order valence-corrected chi connectivity index (χ2v) is 3.38. The lowest BCUT2D eigenvalue weighted by molar-refractivity contribution is 0.256. The minimum atomic E-state index is -0.833. The first-order chi connectivity index (χ1) is 7.04.